The molecule has 0 saturated carbocycles. The van der Waals surface area contributed by atoms with Crippen LogP contribution in [0.3, 0.4) is 0 Å². The second kappa shape index (κ2) is 8.56. The maximum Gasteiger partial charge on any atom is 0.274 e. The number of hydrogen-bond acceptors (Lipinski definition) is 6. The Hall–Kier alpha value is -2.67. The van der Waals surface area contributed by atoms with Crippen LogP contribution in [0.15, 0.2) is 36.8 Å². The molecule has 3 heterocycles. The summed E-state index contributed by atoms with van der Waals surface area (Å²) in [5.74, 6) is 2.11. The van der Waals surface area contributed by atoms with Crippen LogP contribution in [-0.2, 0) is 6.42 Å². The predicted octanol–water partition coefficient (Wildman–Crippen LogP) is 1.93. The summed E-state index contributed by atoms with van der Waals surface area (Å²) >= 11 is 0. The van der Waals surface area contributed by atoms with E-state index in [1.54, 1.807) is 19.5 Å². The number of hydrogen-bond donors (Lipinski definition) is 1. The highest BCUT2D eigenvalue weighted by Crippen LogP contribution is 2.35. The van der Waals surface area contributed by atoms with Gasteiger partial charge in [-0.1, -0.05) is 12.1 Å². The maximum absolute atomic E-state index is 12.5. The van der Waals surface area contributed by atoms with E-state index in [1.807, 2.05) is 17.0 Å². The number of nitrogens with zero attached hydrogens (tertiary/aromatic N) is 3. The quantitative estimate of drug-likeness (QED) is 0.852. The summed E-state index contributed by atoms with van der Waals surface area (Å²) in [6.45, 7) is 3.10. The van der Waals surface area contributed by atoms with E-state index in [0.717, 1.165) is 50.4 Å². The number of aromatic nitrogens is 2. The topological polar surface area (TPSA) is 76.6 Å². The highest BCUT2D eigenvalue weighted by molar-refractivity contribution is 5.92. The summed E-state index contributed by atoms with van der Waals surface area (Å²) < 4.78 is 11.3. The van der Waals surface area contributed by atoms with E-state index < -0.39 is 0 Å². The first-order valence-electron chi connectivity index (χ1n) is 9.82. The van der Waals surface area contributed by atoms with Crippen LogP contribution in [0.4, 0.5) is 0 Å². The number of carbonyl (C=O) groups is 1. The van der Waals surface area contributed by atoms with Crippen LogP contribution in [0.2, 0.25) is 0 Å². The van der Waals surface area contributed by atoms with E-state index in [9.17, 15) is 4.79 Å². The zero-order chi connectivity index (χ0) is 19.3. The predicted molar refractivity (Wildman–Crippen MR) is 105 cm³/mol. The Labute approximate surface area is 165 Å². The lowest BCUT2D eigenvalue weighted by Gasteiger charge is -2.34. The fourth-order valence-corrected chi connectivity index (χ4v) is 3.94. The number of rotatable bonds is 5. The van der Waals surface area contributed by atoms with Gasteiger partial charge in [-0.15, -0.1) is 0 Å². The number of benzene rings is 1. The molecule has 0 radical (unpaired) electrons. The van der Waals surface area contributed by atoms with Crippen LogP contribution in [0, 0.1) is 5.92 Å². The Morgan fingerprint density at radius 2 is 2.18 bits per heavy atom. The van der Waals surface area contributed by atoms with Gasteiger partial charge >= 0.3 is 0 Å². The minimum atomic E-state index is -0.0298. The molecule has 1 aromatic carbocycles. The Kier molecular flexibility index (Phi) is 5.71. The summed E-state index contributed by atoms with van der Waals surface area (Å²) in [5.41, 5.74) is 1.63. The third-order valence-electron chi connectivity index (χ3n) is 5.51. The number of nitrogens with one attached hydrogen (secondary N) is 1. The maximum atomic E-state index is 12.5. The first kappa shape index (κ1) is 18.7. The molecule has 1 saturated heterocycles. The van der Waals surface area contributed by atoms with Crippen molar-refractivity contribution in [1.82, 2.24) is 20.2 Å². The number of likely N-dealkylation sites (tertiary alicyclic amines) is 1. The molecule has 1 fully saturated rings. The highest BCUT2D eigenvalue weighted by atomic mass is 16.5. The fraction of sp³-hybridized carbons (Fsp3) is 0.476. The number of para-hydroxylation sites is 1. The highest BCUT2D eigenvalue weighted by Gasteiger charge is 2.26. The van der Waals surface area contributed by atoms with E-state index in [2.05, 4.69) is 21.4 Å². The molecule has 148 valence electrons. The lowest BCUT2D eigenvalue weighted by molar-refractivity contribution is 0.0696. The molecule has 7 heteroatoms. The second-order valence-corrected chi connectivity index (χ2v) is 7.40. The molecule has 7 nitrogen and oxygen atoms in total. The molecule has 4 rings (SSSR count). The van der Waals surface area contributed by atoms with E-state index in [4.69, 9.17) is 9.47 Å². The lowest BCUT2D eigenvalue weighted by atomic mass is 9.95. The van der Waals surface area contributed by atoms with Crippen LogP contribution in [0.25, 0.3) is 0 Å². The molecule has 1 aromatic heterocycles. The number of fused-ring (bicyclic) bond motifs is 1. The van der Waals surface area contributed by atoms with Crippen molar-refractivity contribution >= 4 is 5.91 Å². The summed E-state index contributed by atoms with van der Waals surface area (Å²) in [6.07, 6.45) is 7.55. The van der Waals surface area contributed by atoms with Crippen LogP contribution in [0.1, 0.15) is 28.9 Å². The van der Waals surface area contributed by atoms with Crippen molar-refractivity contribution in [2.75, 3.05) is 33.4 Å². The Morgan fingerprint density at radius 1 is 1.32 bits per heavy atom. The van der Waals surface area contributed by atoms with Crippen LogP contribution < -0.4 is 14.8 Å². The largest absolute Gasteiger partial charge is 0.493 e. The van der Waals surface area contributed by atoms with Gasteiger partial charge in [-0.25, -0.2) is 4.98 Å². The van der Waals surface area contributed by atoms with E-state index in [0.29, 0.717) is 24.3 Å². The minimum absolute atomic E-state index is 0.0298. The Bertz CT molecular complexity index is 807. The molecule has 2 aliphatic heterocycles. The number of ether oxygens (including phenoxy) is 2. The van der Waals surface area contributed by atoms with Gasteiger partial charge in [0.2, 0.25) is 0 Å². The zero-order valence-electron chi connectivity index (χ0n) is 16.1. The van der Waals surface area contributed by atoms with Crippen molar-refractivity contribution in [1.29, 1.82) is 0 Å². The summed E-state index contributed by atoms with van der Waals surface area (Å²) in [4.78, 5) is 22.4. The van der Waals surface area contributed by atoms with Gasteiger partial charge in [-0.2, -0.15) is 0 Å². The van der Waals surface area contributed by atoms with Crippen LogP contribution in [0.5, 0.6) is 11.5 Å². The van der Waals surface area contributed by atoms with Crippen LogP contribution in [-0.4, -0.2) is 60.2 Å². The molecule has 1 atom stereocenters. The molecule has 28 heavy (non-hydrogen) atoms. The Balaban J connectivity index is 1.24. The molecular weight excluding hydrogens is 356 g/mol. The van der Waals surface area contributed by atoms with Crippen molar-refractivity contribution in [2.45, 2.75) is 25.3 Å². The van der Waals surface area contributed by atoms with Crippen molar-refractivity contribution < 1.29 is 14.3 Å². The average Bonchev–Trinajstić information content (AvgIpc) is 2.77. The average molecular weight is 382 g/mol. The number of methoxy groups -OCH3 is 1. The van der Waals surface area contributed by atoms with Gasteiger partial charge in [0.25, 0.3) is 5.91 Å². The molecule has 2 aromatic rings. The number of piperidine rings is 1. The summed E-state index contributed by atoms with van der Waals surface area (Å²) in [6, 6.07) is 6.49. The normalized spacial score (nSPS) is 19.6. The van der Waals surface area contributed by atoms with Crippen molar-refractivity contribution in [3.8, 4) is 11.5 Å². The van der Waals surface area contributed by atoms with E-state index in [-0.39, 0.29) is 5.91 Å². The van der Waals surface area contributed by atoms with Gasteiger partial charge in [-0.3, -0.25) is 9.78 Å². The molecule has 1 amide bonds. The summed E-state index contributed by atoms with van der Waals surface area (Å²) in [5, 5.41) is 3.67. The van der Waals surface area contributed by atoms with Gasteiger partial charge in [0, 0.05) is 44.0 Å². The first-order valence-corrected chi connectivity index (χ1v) is 9.82. The van der Waals surface area contributed by atoms with Crippen molar-refractivity contribution in [3.05, 3.63) is 48.0 Å². The SMILES string of the molecule is COc1cccc2c1OCC(CNC1CCN(C(=O)c3cnccn3)CC1)C2. The smallest absolute Gasteiger partial charge is 0.274 e. The minimum Gasteiger partial charge on any atom is -0.493 e. The molecule has 1 N–H and O–H groups in total. The van der Waals surface area contributed by atoms with Gasteiger partial charge in [0.1, 0.15) is 5.69 Å². The van der Waals surface area contributed by atoms with Gasteiger partial charge in [0.05, 0.1) is 19.9 Å². The van der Waals surface area contributed by atoms with E-state index in [1.165, 1.54) is 11.8 Å². The molecular formula is C21H26N4O3. The van der Waals surface area contributed by atoms with Gasteiger partial charge in [-0.05, 0) is 30.9 Å². The lowest BCUT2D eigenvalue weighted by Crippen LogP contribution is -2.46. The Morgan fingerprint density at radius 3 is 2.93 bits per heavy atom. The fourth-order valence-electron chi connectivity index (χ4n) is 3.94. The molecule has 0 bridgehead atoms. The van der Waals surface area contributed by atoms with Crippen molar-refractivity contribution in [2.24, 2.45) is 5.92 Å². The van der Waals surface area contributed by atoms with E-state index >= 15 is 0 Å². The van der Waals surface area contributed by atoms with Gasteiger partial charge in [0.15, 0.2) is 11.5 Å². The first-order chi connectivity index (χ1) is 13.7. The number of carbonyl (C=O) groups excluding carboxylic acids is 1. The number of amides is 1. The standard InChI is InChI=1S/C21H26N4O3/c1-27-19-4-2-3-16-11-15(14-28-20(16)19)12-24-17-5-9-25(10-6-17)21(26)18-13-22-7-8-23-18/h2-4,7-8,13,15,17,24H,5-6,9-12,14H2,1H3. The monoisotopic (exact) mass is 382 g/mol. The molecule has 1 unspecified atom stereocenters. The molecule has 0 spiro atoms. The van der Waals surface area contributed by atoms with Gasteiger partial charge < -0.3 is 19.7 Å². The summed E-state index contributed by atoms with van der Waals surface area (Å²) in [7, 11) is 1.67. The third-order valence-corrected chi connectivity index (χ3v) is 5.51. The zero-order valence-corrected chi connectivity index (χ0v) is 16.1. The third kappa shape index (κ3) is 4.09. The molecule has 0 aliphatic carbocycles. The second-order valence-electron chi connectivity index (χ2n) is 7.40. The van der Waals surface area contributed by atoms with Crippen molar-refractivity contribution in [3.63, 3.8) is 0 Å². The van der Waals surface area contributed by atoms with Crippen LogP contribution >= 0.6 is 0 Å². The molecule has 2 aliphatic rings.